The Bertz CT molecular complexity index is 1210. The molecule has 0 aliphatic carbocycles. The van der Waals surface area contributed by atoms with Crippen molar-refractivity contribution in [3.8, 4) is 5.88 Å². The van der Waals surface area contributed by atoms with Crippen LogP contribution in [0.1, 0.15) is 44.0 Å². The first-order valence-electron chi connectivity index (χ1n) is 9.56. The Morgan fingerprint density at radius 3 is 2.65 bits per heavy atom. The molecule has 0 spiro atoms. The van der Waals surface area contributed by atoms with Crippen LogP contribution in [0.3, 0.4) is 0 Å². The van der Waals surface area contributed by atoms with Gasteiger partial charge in [-0.1, -0.05) is 5.16 Å². The third-order valence-electron chi connectivity index (χ3n) is 5.03. The molecule has 10 heteroatoms. The lowest BCUT2D eigenvalue weighted by Gasteiger charge is -2.14. The monoisotopic (exact) mass is 439 g/mol. The summed E-state index contributed by atoms with van der Waals surface area (Å²) in [5.41, 5.74) is 3.36. The van der Waals surface area contributed by atoms with E-state index in [1.807, 2.05) is 19.2 Å². The van der Waals surface area contributed by atoms with Gasteiger partial charge < -0.3 is 9.57 Å². The number of hydrogen-bond acceptors (Lipinski definition) is 8. The van der Waals surface area contributed by atoms with Gasteiger partial charge in [0.05, 0.1) is 11.9 Å². The normalized spacial score (nSPS) is 13.1. The Morgan fingerprint density at radius 1 is 1.19 bits per heavy atom. The predicted molar refractivity (Wildman–Crippen MR) is 115 cm³/mol. The number of rotatable bonds is 6. The van der Waals surface area contributed by atoms with Crippen molar-refractivity contribution in [2.45, 2.75) is 18.2 Å². The van der Waals surface area contributed by atoms with Gasteiger partial charge in [-0.25, -0.2) is 9.48 Å². The Hall–Kier alpha value is -3.40. The number of carbonyl (C=O) groups excluding carboxylic acids is 2. The van der Waals surface area contributed by atoms with Crippen LogP contribution in [-0.4, -0.2) is 49.9 Å². The molecule has 31 heavy (non-hydrogen) atoms. The average Bonchev–Trinajstić information content (AvgIpc) is 3.50. The van der Waals surface area contributed by atoms with Crippen molar-refractivity contribution in [3.63, 3.8) is 0 Å². The number of ketones is 1. The molecular formula is C21H21N5O4S. The second-order valence-corrected chi connectivity index (χ2v) is 7.86. The molecule has 0 saturated heterocycles. The molecule has 0 saturated carbocycles. The van der Waals surface area contributed by atoms with Crippen molar-refractivity contribution in [1.82, 2.24) is 19.6 Å². The van der Waals surface area contributed by atoms with Crippen LogP contribution in [0.2, 0.25) is 0 Å². The first-order chi connectivity index (χ1) is 14.9. The summed E-state index contributed by atoms with van der Waals surface area (Å²) >= 11 is 1.59. The molecule has 3 heterocycles. The maximum atomic E-state index is 13.4. The van der Waals surface area contributed by atoms with Gasteiger partial charge in [-0.15, -0.1) is 11.8 Å². The quantitative estimate of drug-likeness (QED) is 0.331. The molecule has 1 aliphatic rings. The van der Waals surface area contributed by atoms with E-state index in [0.29, 0.717) is 18.6 Å². The van der Waals surface area contributed by atoms with Crippen molar-refractivity contribution in [1.29, 1.82) is 0 Å². The molecule has 160 valence electrons. The minimum atomic E-state index is -0.661. The highest BCUT2D eigenvalue weighted by Crippen LogP contribution is 2.31. The van der Waals surface area contributed by atoms with Gasteiger partial charge >= 0.3 is 5.97 Å². The van der Waals surface area contributed by atoms with Crippen LogP contribution in [0.5, 0.6) is 5.88 Å². The molecule has 0 amide bonds. The van der Waals surface area contributed by atoms with E-state index in [-0.39, 0.29) is 22.9 Å². The SMILES string of the molecule is CSc1ccc(C(=O)c2cnn(C)c2OC(=O)c2ccn(C)n2)c(C)c1C1=NOCC1. The first-order valence-corrected chi connectivity index (χ1v) is 10.8. The van der Waals surface area contributed by atoms with Crippen LogP contribution < -0.4 is 4.74 Å². The van der Waals surface area contributed by atoms with E-state index >= 15 is 0 Å². The van der Waals surface area contributed by atoms with E-state index in [9.17, 15) is 9.59 Å². The third-order valence-corrected chi connectivity index (χ3v) is 5.81. The molecule has 0 atom stereocenters. The maximum absolute atomic E-state index is 13.4. The van der Waals surface area contributed by atoms with Gasteiger partial charge in [-0.3, -0.25) is 9.48 Å². The Morgan fingerprint density at radius 2 is 2.00 bits per heavy atom. The third kappa shape index (κ3) is 3.86. The molecule has 3 aromatic rings. The van der Waals surface area contributed by atoms with E-state index in [4.69, 9.17) is 9.57 Å². The summed E-state index contributed by atoms with van der Waals surface area (Å²) in [5.74, 6) is -0.884. The van der Waals surface area contributed by atoms with Crippen LogP contribution >= 0.6 is 11.8 Å². The Labute approximate surface area is 183 Å². The molecule has 0 N–H and O–H groups in total. The Kier molecular flexibility index (Phi) is 5.64. The number of oxime groups is 1. The molecule has 0 unspecified atom stereocenters. The van der Waals surface area contributed by atoms with Crippen LogP contribution in [0.4, 0.5) is 0 Å². The van der Waals surface area contributed by atoms with Gasteiger partial charge in [0.25, 0.3) is 0 Å². The molecule has 4 rings (SSSR count). The summed E-state index contributed by atoms with van der Waals surface area (Å²) < 4.78 is 8.35. The van der Waals surface area contributed by atoms with Crippen molar-refractivity contribution in [2.75, 3.05) is 12.9 Å². The Balaban J connectivity index is 1.71. The minimum absolute atomic E-state index is 0.0667. The molecule has 0 radical (unpaired) electrons. The summed E-state index contributed by atoms with van der Waals surface area (Å²) in [6.45, 7) is 2.41. The number of aromatic nitrogens is 4. The fraction of sp³-hybridized carbons (Fsp3) is 0.286. The lowest BCUT2D eigenvalue weighted by atomic mass is 9.93. The number of hydrogen-bond donors (Lipinski definition) is 0. The van der Waals surface area contributed by atoms with E-state index in [1.165, 1.54) is 15.6 Å². The van der Waals surface area contributed by atoms with Crippen LogP contribution in [0, 0.1) is 6.92 Å². The van der Waals surface area contributed by atoms with Crippen LogP contribution in [0.25, 0.3) is 0 Å². The second kappa shape index (κ2) is 8.38. The van der Waals surface area contributed by atoms with Crippen molar-refractivity contribution >= 4 is 29.2 Å². The van der Waals surface area contributed by atoms with Crippen molar-refractivity contribution < 1.29 is 19.2 Å². The molecule has 1 aliphatic heterocycles. The first kappa shape index (κ1) is 20.9. The van der Waals surface area contributed by atoms with Crippen LogP contribution in [-0.2, 0) is 18.9 Å². The number of nitrogens with zero attached hydrogens (tertiary/aromatic N) is 5. The zero-order valence-electron chi connectivity index (χ0n) is 17.6. The maximum Gasteiger partial charge on any atom is 0.365 e. The zero-order valence-corrected chi connectivity index (χ0v) is 18.4. The molecule has 0 bridgehead atoms. The largest absolute Gasteiger partial charge is 0.402 e. The predicted octanol–water partition coefficient (Wildman–Crippen LogP) is 2.76. The smallest absolute Gasteiger partial charge is 0.365 e. The molecule has 0 fully saturated rings. The van der Waals surface area contributed by atoms with Gasteiger partial charge in [0.15, 0.2) is 11.5 Å². The van der Waals surface area contributed by atoms with E-state index in [1.54, 1.807) is 44.2 Å². The zero-order chi connectivity index (χ0) is 22.1. The second-order valence-electron chi connectivity index (χ2n) is 7.02. The summed E-state index contributed by atoms with van der Waals surface area (Å²) in [7, 11) is 3.31. The number of carbonyl (C=O) groups is 2. The standard InChI is InChI=1S/C21H21N5O4S/c1-12-13(5-6-17(31-4)18(12)15-8-10-29-24-15)19(27)14-11-22-26(3)20(14)30-21(28)16-7-9-25(2)23-16/h5-7,9,11H,8,10H2,1-4H3. The highest BCUT2D eigenvalue weighted by atomic mass is 32.2. The molecular weight excluding hydrogens is 418 g/mol. The lowest BCUT2D eigenvalue weighted by Crippen LogP contribution is -2.15. The van der Waals surface area contributed by atoms with Gasteiger partial charge in [0, 0.05) is 42.7 Å². The van der Waals surface area contributed by atoms with Gasteiger partial charge in [-0.05, 0) is 36.9 Å². The molecule has 9 nitrogen and oxygen atoms in total. The number of ether oxygens (including phenoxy) is 1. The lowest BCUT2D eigenvalue weighted by molar-refractivity contribution is 0.0711. The van der Waals surface area contributed by atoms with E-state index in [0.717, 1.165) is 21.7 Å². The highest BCUT2D eigenvalue weighted by Gasteiger charge is 2.27. The van der Waals surface area contributed by atoms with Gasteiger partial charge in [0.2, 0.25) is 5.88 Å². The molecule has 1 aromatic carbocycles. The topological polar surface area (TPSA) is 101 Å². The summed E-state index contributed by atoms with van der Waals surface area (Å²) in [5, 5.41) is 12.3. The fourth-order valence-corrected chi connectivity index (χ4v) is 4.14. The van der Waals surface area contributed by atoms with Gasteiger partial charge in [-0.2, -0.15) is 10.2 Å². The van der Waals surface area contributed by atoms with Crippen molar-refractivity contribution in [3.05, 3.63) is 58.5 Å². The summed E-state index contributed by atoms with van der Waals surface area (Å²) in [4.78, 5) is 32.1. The fourth-order valence-electron chi connectivity index (χ4n) is 3.46. The van der Waals surface area contributed by atoms with E-state index in [2.05, 4.69) is 15.4 Å². The highest BCUT2D eigenvalue weighted by molar-refractivity contribution is 7.98. The number of aryl methyl sites for hydroxylation is 2. The minimum Gasteiger partial charge on any atom is -0.402 e. The average molecular weight is 439 g/mol. The molecule has 2 aromatic heterocycles. The number of benzene rings is 1. The summed E-state index contributed by atoms with van der Waals surface area (Å²) in [6, 6.07) is 5.22. The van der Waals surface area contributed by atoms with E-state index < -0.39 is 5.97 Å². The summed E-state index contributed by atoms with van der Waals surface area (Å²) in [6.07, 6.45) is 5.71. The van der Waals surface area contributed by atoms with Crippen molar-refractivity contribution in [2.24, 2.45) is 19.3 Å². The number of thioether (sulfide) groups is 1. The van der Waals surface area contributed by atoms with Gasteiger partial charge in [0.1, 0.15) is 12.2 Å². The number of esters is 1. The van der Waals surface area contributed by atoms with Crippen LogP contribution in [0.15, 0.2) is 40.6 Å².